The zero-order valence-electron chi connectivity index (χ0n) is 9.61. The summed E-state index contributed by atoms with van der Waals surface area (Å²) in [5.41, 5.74) is 2.43. The van der Waals surface area contributed by atoms with Crippen molar-refractivity contribution in [2.24, 2.45) is 29.5 Å². The fourth-order valence-corrected chi connectivity index (χ4v) is 4.49. The Morgan fingerprint density at radius 3 is 2.12 bits per heavy atom. The van der Waals surface area contributed by atoms with Crippen molar-refractivity contribution < 1.29 is 4.79 Å². The summed E-state index contributed by atoms with van der Waals surface area (Å²) in [7, 11) is 0. The van der Waals surface area contributed by atoms with E-state index in [1.807, 2.05) is 0 Å². The Balaban J connectivity index is 1.65. The minimum Gasteiger partial charge on any atom is -0.352 e. The predicted octanol–water partition coefficient (Wildman–Crippen LogP) is 0.391. The summed E-state index contributed by atoms with van der Waals surface area (Å²) in [6, 6.07) is 0.439. The van der Waals surface area contributed by atoms with Gasteiger partial charge in [-0.25, -0.2) is 0 Å². The summed E-state index contributed by atoms with van der Waals surface area (Å²) < 4.78 is 0. The van der Waals surface area contributed by atoms with Crippen molar-refractivity contribution in [1.29, 1.82) is 0 Å². The number of hydrogen-bond donors (Lipinski definition) is 3. The molecule has 0 aliphatic heterocycles. The van der Waals surface area contributed by atoms with Crippen LogP contribution in [0, 0.1) is 23.7 Å². The molecule has 4 fully saturated rings. The predicted molar refractivity (Wildman–Crippen MR) is 61.2 cm³/mol. The van der Waals surface area contributed by atoms with E-state index >= 15 is 0 Å². The molecule has 0 saturated heterocycles. The summed E-state index contributed by atoms with van der Waals surface area (Å²) >= 11 is 0. The lowest BCUT2D eigenvalue weighted by molar-refractivity contribution is -0.124. The van der Waals surface area contributed by atoms with Gasteiger partial charge >= 0.3 is 0 Å². The molecule has 16 heavy (non-hydrogen) atoms. The maximum Gasteiger partial charge on any atom is 0.235 e. The van der Waals surface area contributed by atoms with Gasteiger partial charge in [-0.2, -0.15) is 0 Å². The fourth-order valence-electron chi connectivity index (χ4n) is 4.49. The van der Waals surface area contributed by atoms with Crippen molar-refractivity contribution in [2.75, 3.05) is 6.54 Å². The van der Waals surface area contributed by atoms with E-state index in [1.165, 1.54) is 32.1 Å². The van der Waals surface area contributed by atoms with Crippen LogP contribution in [-0.2, 0) is 4.79 Å². The molecular weight excluding hydrogens is 202 g/mol. The molecule has 4 bridgehead atoms. The first-order valence-corrected chi connectivity index (χ1v) is 6.49. The van der Waals surface area contributed by atoms with Gasteiger partial charge in [0.2, 0.25) is 5.91 Å². The summed E-state index contributed by atoms with van der Waals surface area (Å²) in [5.74, 6) is 8.64. The van der Waals surface area contributed by atoms with Gasteiger partial charge in [0.1, 0.15) is 0 Å². The molecule has 4 aliphatic rings. The van der Waals surface area contributed by atoms with Gasteiger partial charge < -0.3 is 5.32 Å². The number of hydrogen-bond acceptors (Lipinski definition) is 3. The SMILES string of the molecule is NNCC(=O)NC1C2CC3CC(C2)CC1C3. The van der Waals surface area contributed by atoms with E-state index in [2.05, 4.69) is 10.7 Å². The summed E-state index contributed by atoms with van der Waals surface area (Å²) in [4.78, 5) is 11.6. The average Bonchev–Trinajstić information content (AvgIpc) is 2.23. The molecule has 4 N–H and O–H groups in total. The molecule has 0 unspecified atom stereocenters. The largest absolute Gasteiger partial charge is 0.352 e. The Labute approximate surface area is 96.3 Å². The highest BCUT2D eigenvalue weighted by Gasteiger charge is 2.48. The van der Waals surface area contributed by atoms with Crippen molar-refractivity contribution in [3.05, 3.63) is 0 Å². The number of carbonyl (C=O) groups excluding carboxylic acids is 1. The minimum absolute atomic E-state index is 0.0555. The Kier molecular flexibility index (Phi) is 2.64. The lowest BCUT2D eigenvalue weighted by Gasteiger charge is -2.54. The number of nitrogens with one attached hydrogen (secondary N) is 2. The summed E-state index contributed by atoms with van der Waals surface area (Å²) in [6.45, 7) is 0.239. The number of amides is 1. The van der Waals surface area contributed by atoms with E-state index in [-0.39, 0.29) is 12.5 Å². The first kappa shape index (κ1) is 10.5. The van der Waals surface area contributed by atoms with Gasteiger partial charge in [0.05, 0.1) is 6.54 Å². The topological polar surface area (TPSA) is 67.1 Å². The van der Waals surface area contributed by atoms with Gasteiger partial charge in [-0.15, -0.1) is 0 Å². The number of hydrazine groups is 1. The van der Waals surface area contributed by atoms with Crippen LogP contribution in [0.5, 0.6) is 0 Å². The Hall–Kier alpha value is -0.610. The molecule has 0 atom stereocenters. The second-order valence-corrected chi connectivity index (χ2v) is 5.90. The van der Waals surface area contributed by atoms with Crippen LogP contribution in [0.25, 0.3) is 0 Å². The molecule has 0 radical (unpaired) electrons. The first-order chi connectivity index (χ1) is 7.76. The van der Waals surface area contributed by atoms with Crippen LogP contribution >= 0.6 is 0 Å². The van der Waals surface area contributed by atoms with Gasteiger partial charge in [0, 0.05) is 6.04 Å². The number of rotatable bonds is 3. The molecule has 90 valence electrons. The molecule has 1 amide bonds. The van der Waals surface area contributed by atoms with Gasteiger partial charge in [-0.3, -0.25) is 16.1 Å². The molecule has 0 aromatic heterocycles. The first-order valence-electron chi connectivity index (χ1n) is 6.49. The van der Waals surface area contributed by atoms with Crippen molar-refractivity contribution in [2.45, 2.75) is 38.1 Å². The lowest BCUT2D eigenvalue weighted by atomic mass is 9.54. The molecular formula is C12H21N3O. The summed E-state index contributed by atoms with van der Waals surface area (Å²) in [5, 5.41) is 3.18. The second-order valence-electron chi connectivity index (χ2n) is 5.90. The highest BCUT2D eigenvalue weighted by atomic mass is 16.2. The van der Waals surface area contributed by atoms with Crippen molar-refractivity contribution in [3.63, 3.8) is 0 Å². The van der Waals surface area contributed by atoms with Crippen molar-refractivity contribution in [3.8, 4) is 0 Å². The molecule has 4 nitrogen and oxygen atoms in total. The minimum atomic E-state index is 0.0555. The van der Waals surface area contributed by atoms with Crippen LogP contribution in [-0.4, -0.2) is 18.5 Å². The monoisotopic (exact) mass is 223 g/mol. The van der Waals surface area contributed by atoms with Crippen LogP contribution in [0.15, 0.2) is 0 Å². The number of nitrogens with two attached hydrogens (primary N) is 1. The Morgan fingerprint density at radius 1 is 1.06 bits per heavy atom. The van der Waals surface area contributed by atoms with E-state index in [4.69, 9.17) is 5.84 Å². The quantitative estimate of drug-likeness (QED) is 0.479. The van der Waals surface area contributed by atoms with Crippen LogP contribution in [0.3, 0.4) is 0 Å². The van der Waals surface area contributed by atoms with Crippen LogP contribution in [0.4, 0.5) is 0 Å². The maximum atomic E-state index is 11.6. The lowest BCUT2D eigenvalue weighted by Crippen LogP contribution is -2.57. The van der Waals surface area contributed by atoms with Gasteiger partial charge in [0.15, 0.2) is 0 Å². The van der Waals surface area contributed by atoms with Crippen LogP contribution in [0.2, 0.25) is 0 Å². The van der Waals surface area contributed by atoms with E-state index in [0.29, 0.717) is 6.04 Å². The summed E-state index contributed by atoms with van der Waals surface area (Å²) in [6.07, 6.45) is 6.82. The van der Waals surface area contributed by atoms with Gasteiger partial charge in [-0.1, -0.05) is 0 Å². The molecule has 0 aromatic carbocycles. The van der Waals surface area contributed by atoms with E-state index < -0.39 is 0 Å². The molecule has 0 spiro atoms. The van der Waals surface area contributed by atoms with Crippen LogP contribution < -0.4 is 16.6 Å². The zero-order chi connectivity index (χ0) is 11.1. The average molecular weight is 223 g/mol. The molecule has 4 heteroatoms. The van der Waals surface area contributed by atoms with Crippen molar-refractivity contribution >= 4 is 5.91 Å². The molecule has 0 heterocycles. The van der Waals surface area contributed by atoms with Gasteiger partial charge in [-0.05, 0) is 55.8 Å². The molecule has 0 aromatic rings. The smallest absolute Gasteiger partial charge is 0.235 e. The second kappa shape index (κ2) is 4.00. The highest BCUT2D eigenvalue weighted by Crippen LogP contribution is 2.53. The fraction of sp³-hybridized carbons (Fsp3) is 0.917. The van der Waals surface area contributed by atoms with E-state index in [0.717, 1.165) is 23.7 Å². The normalized spacial score (nSPS) is 44.7. The third-order valence-corrected chi connectivity index (χ3v) is 4.82. The Morgan fingerprint density at radius 2 is 1.62 bits per heavy atom. The van der Waals surface area contributed by atoms with Crippen LogP contribution in [0.1, 0.15) is 32.1 Å². The number of carbonyl (C=O) groups is 1. The third-order valence-electron chi connectivity index (χ3n) is 4.82. The highest BCUT2D eigenvalue weighted by molar-refractivity contribution is 5.78. The van der Waals surface area contributed by atoms with E-state index in [9.17, 15) is 4.79 Å². The van der Waals surface area contributed by atoms with E-state index in [1.54, 1.807) is 0 Å². The molecule has 4 aliphatic carbocycles. The maximum absolute atomic E-state index is 11.6. The standard InChI is InChI=1S/C12H21N3O/c13-14-6-11(16)15-12-9-2-7-1-8(4-9)5-10(12)3-7/h7-10,12,14H,1-6,13H2,(H,15,16). The third kappa shape index (κ3) is 1.74. The Bertz CT molecular complexity index is 264. The molecule has 4 saturated carbocycles. The van der Waals surface area contributed by atoms with Gasteiger partial charge in [0.25, 0.3) is 0 Å². The van der Waals surface area contributed by atoms with Crippen molar-refractivity contribution in [1.82, 2.24) is 10.7 Å². The zero-order valence-corrected chi connectivity index (χ0v) is 9.61. The molecule has 4 rings (SSSR count).